The van der Waals surface area contributed by atoms with E-state index in [1.54, 1.807) is 28.4 Å². The zero-order valence-electron chi connectivity index (χ0n) is 31.7. The lowest BCUT2D eigenvalue weighted by Gasteiger charge is -2.44. The van der Waals surface area contributed by atoms with Gasteiger partial charge in [-0.25, -0.2) is 0 Å². The molecular formula is C41H57BrO10. The fourth-order valence-electron chi connectivity index (χ4n) is 9.50. The average Bonchev–Trinajstić information content (AvgIpc) is 3.73. The quantitative estimate of drug-likeness (QED) is 0.231. The Morgan fingerprint density at radius 1 is 0.865 bits per heavy atom. The van der Waals surface area contributed by atoms with Gasteiger partial charge in [0.05, 0.1) is 38.4 Å². The summed E-state index contributed by atoms with van der Waals surface area (Å²) in [7, 11) is 6.60. The molecule has 14 atom stereocenters. The fourth-order valence-corrected chi connectivity index (χ4v) is 10.3. The molecule has 2 saturated heterocycles. The number of ketones is 1. The van der Waals surface area contributed by atoms with Crippen molar-refractivity contribution < 1.29 is 47.5 Å². The molecule has 10 nitrogen and oxygen atoms in total. The first-order valence-corrected chi connectivity index (χ1v) is 19.9. The van der Waals surface area contributed by atoms with Crippen molar-refractivity contribution in [2.75, 3.05) is 28.4 Å². The highest BCUT2D eigenvalue weighted by atomic mass is 79.9. The molecule has 3 fully saturated rings. The van der Waals surface area contributed by atoms with Gasteiger partial charge in [0.15, 0.2) is 12.1 Å². The summed E-state index contributed by atoms with van der Waals surface area (Å²) < 4.78 is 49.4. The molecule has 0 spiro atoms. The van der Waals surface area contributed by atoms with Crippen molar-refractivity contribution in [3.05, 3.63) is 52.0 Å². The van der Waals surface area contributed by atoms with Crippen molar-refractivity contribution in [2.45, 2.75) is 121 Å². The molecule has 2 heterocycles. The SMILES string of the molecule is CC[C@H]1CCC[C@H](OCc2ccc(OC)cc2)[C@@H](C)C(=O)C2=C[C@@H]3[C@@H](C=C(Br)[C@@H]4C[C@@H](O[C@@H]5O[C@@H](C)[C@H](OC)[C@@H](OC)[C@H]5OC)C[C@@H]34)[C@@H]2CC(=O)O1. The summed E-state index contributed by atoms with van der Waals surface area (Å²) in [5.41, 5.74) is 1.77. The number of benzene rings is 1. The number of rotatable bonds is 10. The van der Waals surface area contributed by atoms with Gasteiger partial charge in [0.1, 0.15) is 30.2 Å². The van der Waals surface area contributed by atoms with E-state index in [0.29, 0.717) is 13.0 Å². The minimum Gasteiger partial charge on any atom is -0.497 e. The van der Waals surface area contributed by atoms with Crippen molar-refractivity contribution in [1.29, 1.82) is 0 Å². The number of allylic oxidation sites excluding steroid dienone is 4. The van der Waals surface area contributed by atoms with E-state index in [9.17, 15) is 9.59 Å². The van der Waals surface area contributed by atoms with Gasteiger partial charge in [-0.3, -0.25) is 9.59 Å². The molecule has 52 heavy (non-hydrogen) atoms. The maximum absolute atomic E-state index is 14.6. The standard InChI is InChI=1S/C41H57BrO10/c1-8-25-10-9-11-35(49-21-24-12-14-26(45-4)15-13-24)22(2)37(44)33-18-29-28-16-27(17-32(28)34(42)19-30(29)31(33)20-36(43)51-25)52-41-40(48-7)39(47-6)38(46-5)23(3)50-41/h12-15,18-19,22-23,25,27-32,35,38-41H,8-11,16-17,20-21H2,1-7H3/t22-,23+,25+,27+,28+,29+,30-,31+,32-,35+,38+,39-,40-,41+/m1/s1. The summed E-state index contributed by atoms with van der Waals surface area (Å²) in [4.78, 5) is 28.1. The van der Waals surface area contributed by atoms with Gasteiger partial charge in [-0.05, 0) is 96.9 Å². The average molecular weight is 790 g/mol. The highest BCUT2D eigenvalue weighted by molar-refractivity contribution is 9.11. The molecule has 1 saturated carbocycles. The Morgan fingerprint density at radius 3 is 2.27 bits per heavy atom. The summed E-state index contributed by atoms with van der Waals surface area (Å²) in [5.74, 6) is 0.516. The number of halogens is 1. The normalized spacial score (nSPS) is 39.6. The maximum Gasteiger partial charge on any atom is 0.306 e. The van der Waals surface area contributed by atoms with Gasteiger partial charge in [0.2, 0.25) is 0 Å². The summed E-state index contributed by atoms with van der Waals surface area (Å²) in [6.07, 6.45) is 6.77. The zero-order chi connectivity index (χ0) is 37.1. The Morgan fingerprint density at radius 2 is 1.60 bits per heavy atom. The van der Waals surface area contributed by atoms with Crippen LogP contribution >= 0.6 is 15.9 Å². The van der Waals surface area contributed by atoms with Gasteiger partial charge in [-0.15, -0.1) is 0 Å². The van der Waals surface area contributed by atoms with Crippen LogP contribution in [0, 0.1) is 35.5 Å². The number of fused-ring (bicyclic) bond motifs is 5. The minimum atomic E-state index is -0.615. The van der Waals surface area contributed by atoms with Crippen LogP contribution in [-0.4, -0.2) is 89.2 Å². The third-order valence-corrected chi connectivity index (χ3v) is 13.2. The van der Waals surface area contributed by atoms with Crippen molar-refractivity contribution in [2.24, 2.45) is 35.5 Å². The summed E-state index contributed by atoms with van der Waals surface area (Å²) in [6.45, 7) is 6.42. The first kappa shape index (κ1) is 39.6. The molecule has 6 rings (SSSR count). The Kier molecular flexibility index (Phi) is 13.4. The number of ether oxygens (including phenoxy) is 8. The number of hydrogen-bond donors (Lipinski definition) is 0. The Hall–Kier alpha value is -2.12. The largest absolute Gasteiger partial charge is 0.497 e. The molecule has 0 radical (unpaired) electrons. The molecule has 3 aliphatic carbocycles. The van der Waals surface area contributed by atoms with Crippen LogP contribution in [0.2, 0.25) is 0 Å². The number of carbonyl (C=O) groups is 2. The van der Waals surface area contributed by atoms with Gasteiger partial charge >= 0.3 is 5.97 Å². The van der Waals surface area contributed by atoms with E-state index in [1.165, 1.54) is 0 Å². The summed E-state index contributed by atoms with van der Waals surface area (Å²) in [5, 5.41) is 0. The molecule has 2 aliphatic heterocycles. The van der Waals surface area contributed by atoms with Crippen LogP contribution in [0.1, 0.15) is 71.3 Å². The monoisotopic (exact) mass is 788 g/mol. The molecule has 1 aromatic rings. The molecule has 11 heteroatoms. The van der Waals surface area contributed by atoms with Crippen molar-refractivity contribution in [1.82, 2.24) is 0 Å². The van der Waals surface area contributed by atoms with Crippen molar-refractivity contribution in [3.8, 4) is 5.75 Å². The van der Waals surface area contributed by atoms with Crippen molar-refractivity contribution in [3.63, 3.8) is 0 Å². The Balaban J connectivity index is 1.23. The van der Waals surface area contributed by atoms with Gasteiger partial charge in [-0.2, -0.15) is 0 Å². The van der Waals surface area contributed by atoms with Crippen molar-refractivity contribution >= 4 is 27.7 Å². The highest BCUT2D eigenvalue weighted by Crippen LogP contribution is 2.57. The topological polar surface area (TPSA) is 108 Å². The fraction of sp³-hybridized carbons (Fsp3) is 0.707. The highest BCUT2D eigenvalue weighted by Gasteiger charge is 2.54. The van der Waals surface area contributed by atoms with Gasteiger partial charge in [0.25, 0.3) is 0 Å². The second-order valence-corrected chi connectivity index (χ2v) is 16.2. The van der Waals surface area contributed by atoms with E-state index >= 15 is 0 Å². The van der Waals surface area contributed by atoms with E-state index in [1.807, 2.05) is 38.1 Å². The Labute approximate surface area is 317 Å². The predicted octanol–water partition coefficient (Wildman–Crippen LogP) is 6.96. The lowest BCUT2D eigenvalue weighted by Crippen LogP contribution is -2.59. The Bertz CT molecular complexity index is 1450. The molecule has 1 aromatic carbocycles. The maximum atomic E-state index is 14.6. The lowest BCUT2D eigenvalue weighted by molar-refractivity contribution is -0.314. The van der Waals surface area contributed by atoms with Crippen LogP contribution in [0.3, 0.4) is 0 Å². The molecule has 0 amide bonds. The van der Waals surface area contributed by atoms with Crippen LogP contribution < -0.4 is 4.74 Å². The third-order valence-electron chi connectivity index (χ3n) is 12.4. The molecule has 0 unspecified atom stereocenters. The second kappa shape index (κ2) is 17.6. The number of hydrogen-bond acceptors (Lipinski definition) is 10. The molecule has 0 N–H and O–H groups in total. The molecule has 0 aromatic heterocycles. The number of Topliss-reactive ketones (excluding diaryl/α,β-unsaturated/α-hetero) is 1. The second-order valence-electron chi connectivity index (χ2n) is 15.3. The van der Waals surface area contributed by atoms with Crippen LogP contribution in [0.25, 0.3) is 0 Å². The summed E-state index contributed by atoms with van der Waals surface area (Å²) in [6, 6.07) is 7.84. The minimum absolute atomic E-state index is 0.00670. The number of cyclic esters (lactones) is 1. The smallest absolute Gasteiger partial charge is 0.306 e. The van der Waals surface area contributed by atoms with E-state index in [-0.39, 0.29) is 90.3 Å². The third kappa shape index (κ3) is 8.26. The van der Waals surface area contributed by atoms with Crippen LogP contribution in [0.5, 0.6) is 5.75 Å². The van der Waals surface area contributed by atoms with E-state index in [0.717, 1.165) is 53.5 Å². The van der Waals surface area contributed by atoms with E-state index < -0.39 is 12.4 Å². The summed E-state index contributed by atoms with van der Waals surface area (Å²) >= 11 is 3.94. The molecule has 288 valence electrons. The molecular weight excluding hydrogens is 732 g/mol. The first-order valence-electron chi connectivity index (χ1n) is 19.1. The van der Waals surface area contributed by atoms with Crippen LogP contribution in [0.15, 0.2) is 46.5 Å². The predicted molar refractivity (Wildman–Crippen MR) is 198 cm³/mol. The van der Waals surface area contributed by atoms with Crippen LogP contribution in [0.4, 0.5) is 0 Å². The van der Waals surface area contributed by atoms with Gasteiger partial charge < -0.3 is 37.9 Å². The van der Waals surface area contributed by atoms with Crippen LogP contribution in [-0.2, 0) is 49.4 Å². The zero-order valence-corrected chi connectivity index (χ0v) is 33.3. The van der Waals surface area contributed by atoms with E-state index in [4.69, 9.17) is 37.9 Å². The first-order chi connectivity index (χ1) is 25.1. The van der Waals surface area contributed by atoms with Gasteiger partial charge in [0, 0.05) is 33.2 Å². The number of esters is 1. The lowest BCUT2D eigenvalue weighted by atomic mass is 9.70. The van der Waals surface area contributed by atoms with E-state index in [2.05, 4.69) is 35.0 Å². The molecule has 5 aliphatic rings. The number of methoxy groups -OCH3 is 4. The van der Waals surface area contributed by atoms with Gasteiger partial charge in [-0.1, -0.05) is 54.1 Å². The molecule has 0 bridgehead atoms. The number of carbonyl (C=O) groups excluding carboxylic acids is 2.